The Morgan fingerprint density at radius 3 is 2.16 bits per heavy atom. The van der Waals surface area contributed by atoms with E-state index in [4.69, 9.17) is 5.26 Å². The van der Waals surface area contributed by atoms with Gasteiger partial charge in [-0.3, -0.25) is 0 Å². The molecule has 0 aliphatic heterocycles. The van der Waals surface area contributed by atoms with Crippen molar-refractivity contribution < 1.29 is 8.78 Å². The van der Waals surface area contributed by atoms with Gasteiger partial charge in [0.1, 0.15) is 17.4 Å². The van der Waals surface area contributed by atoms with E-state index in [1.807, 2.05) is 6.92 Å². The highest BCUT2D eigenvalue weighted by atomic mass is 19.1. The Kier molecular flexibility index (Phi) is 3.26. The van der Waals surface area contributed by atoms with Crippen LogP contribution in [0.15, 0.2) is 12.1 Å². The Bertz CT molecular complexity index is 680. The molecule has 1 aromatic carbocycles. The fourth-order valence-corrected chi connectivity index (χ4v) is 1.72. The van der Waals surface area contributed by atoms with Crippen molar-refractivity contribution in [3.05, 3.63) is 46.3 Å². The van der Waals surface area contributed by atoms with Crippen LogP contribution in [0.2, 0.25) is 0 Å². The molecule has 96 valence electrons. The van der Waals surface area contributed by atoms with Crippen LogP contribution in [-0.4, -0.2) is 9.97 Å². The van der Waals surface area contributed by atoms with Crippen LogP contribution < -0.4 is 0 Å². The van der Waals surface area contributed by atoms with Gasteiger partial charge in [-0.25, -0.2) is 18.7 Å². The van der Waals surface area contributed by atoms with Crippen LogP contribution in [0.25, 0.3) is 11.4 Å². The molecular weight excluding hydrogens is 248 g/mol. The van der Waals surface area contributed by atoms with Crippen LogP contribution in [0.4, 0.5) is 8.78 Å². The molecule has 0 radical (unpaired) electrons. The highest BCUT2D eigenvalue weighted by molar-refractivity contribution is 5.60. The maximum atomic E-state index is 14.0. The van der Waals surface area contributed by atoms with E-state index in [1.165, 1.54) is 12.1 Å². The highest BCUT2D eigenvalue weighted by Gasteiger charge is 2.17. The van der Waals surface area contributed by atoms with E-state index in [0.717, 1.165) is 23.0 Å². The smallest absolute Gasteiger partial charge is 0.162 e. The number of rotatable bonds is 1. The zero-order valence-corrected chi connectivity index (χ0v) is 10.8. The lowest BCUT2D eigenvalue weighted by molar-refractivity contribution is 0.578. The van der Waals surface area contributed by atoms with Gasteiger partial charge in [0.05, 0.1) is 5.56 Å². The monoisotopic (exact) mass is 259 g/mol. The molecule has 1 heterocycles. The van der Waals surface area contributed by atoms with Crippen molar-refractivity contribution in [1.82, 2.24) is 9.97 Å². The molecule has 1 aromatic heterocycles. The molecule has 2 rings (SSSR count). The minimum Gasteiger partial charge on any atom is -0.233 e. The second-order valence-corrected chi connectivity index (χ2v) is 4.24. The average molecular weight is 259 g/mol. The van der Waals surface area contributed by atoms with Gasteiger partial charge in [-0.2, -0.15) is 5.26 Å². The van der Waals surface area contributed by atoms with Crippen LogP contribution in [0.5, 0.6) is 0 Å². The zero-order chi connectivity index (χ0) is 14.2. The Morgan fingerprint density at radius 1 is 1.05 bits per heavy atom. The molecule has 5 heteroatoms. The molecule has 0 amide bonds. The van der Waals surface area contributed by atoms with Crippen LogP contribution in [-0.2, 0) is 0 Å². The van der Waals surface area contributed by atoms with E-state index < -0.39 is 17.2 Å². The number of nitriles is 1. The molecule has 0 aliphatic carbocycles. The lowest BCUT2D eigenvalue weighted by Gasteiger charge is -2.08. The van der Waals surface area contributed by atoms with Gasteiger partial charge in [-0.15, -0.1) is 0 Å². The van der Waals surface area contributed by atoms with Crippen LogP contribution in [0.3, 0.4) is 0 Å². The van der Waals surface area contributed by atoms with E-state index in [9.17, 15) is 8.78 Å². The van der Waals surface area contributed by atoms with Gasteiger partial charge < -0.3 is 0 Å². The van der Waals surface area contributed by atoms with Crippen molar-refractivity contribution in [1.29, 1.82) is 5.26 Å². The van der Waals surface area contributed by atoms with Crippen molar-refractivity contribution in [2.45, 2.75) is 20.8 Å². The quantitative estimate of drug-likeness (QED) is 0.790. The SMILES string of the molecule is Cc1nc(-c2ccc(F)c(C#N)c2F)nc(C)c1C. The van der Waals surface area contributed by atoms with Crippen molar-refractivity contribution >= 4 is 0 Å². The first kappa shape index (κ1) is 13.1. The molecule has 0 aliphatic rings. The third-order valence-electron chi connectivity index (χ3n) is 3.08. The largest absolute Gasteiger partial charge is 0.233 e. The van der Waals surface area contributed by atoms with Crippen molar-refractivity contribution in [2.24, 2.45) is 0 Å². The van der Waals surface area contributed by atoms with Crippen LogP contribution in [0.1, 0.15) is 22.5 Å². The highest BCUT2D eigenvalue weighted by Crippen LogP contribution is 2.25. The molecule has 0 saturated carbocycles. The van der Waals surface area contributed by atoms with Gasteiger partial charge in [0.15, 0.2) is 11.6 Å². The summed E-state index contributed by atoms with van der Waals surface area (Å²) in [4.78, 5) is 8.37. The number of hydrogen-bond acceptors (Lipinski definition) is 3. The van der Waals surface area contributed by atoms with Gasteiger partial charge in [-0.05, 0) is 38.5 Å². The number of benzene rings is 1. The molecule has 0 atom stereocenters. The molecule has 19 heavy (non-hydrogen) atoms. The summed E-state index contributed by atoms with van der Waals surface area (Å²) in [6, 6.07) is 3.80. The fourth-order valence-electron chi connectivity index (χ4n) is 1.72. The predicted molar refractivity (Wildman–Crippen MR) is 66.3 cm³/mol. The number of hydrogen-bond donors (Lipinski definition) is 0. The molecule has 0 saturated heterocycles. The first-order valence-electron chi connectivity index (χ1n) is 5.66. The minimum absolute atomic E-state index is 0.0316. The predicted octanol–water partition coefficient (Wildman–Crippen LogP) is 3.22. The number of aryl methyl sites for hydroxylation is 2. The van der Waals surface area contributed by atoms with Crippen molar-refractivity contribution in [3.63, 3.8) is 0 Å². The van der Waals surface area contributed by atoms with Crippen LogP contribution in [0, 0.1) is 43.7 Å². The summed E-state index contributed by atoms with van der Waals surface area (Å²) < 4.78 is 27.3. The maximum Gasteiger partial charge on any atom is 0.162 e. The summed E-state index contributed by atoms with van der Waals surface area (Å²) >= 11 is 0. The van der Waals surface area contributed by atoms with E-state index in [2.05, 4.69) is 9.97 Å². The van der Waals surface area contributed by atoms with E-state index in [1.54, 1.807) is 13.8 Å². The first-order chi connectivity index (χ1) is 8.95. The summed E-state index contributed by atoms with van der Waals surface area (Å²) in [5, 5.41) is 8.75. The standard InChI is InChI=1S/C14H11F2N3/c1-7-8(2)18-14(19-9(7)3)10-4-5-12(15)11(6-17)13(10)16/h4-5H,1-3H3. The maximum absolute atomic E-state index is 14.0. The average Bonchev–Trinajstić information content (AvgIpc) is 2.36. The molecule has 0 spiro atoms. The Balaban J connectivity index is 2.71. The second kappa shape index (κ2) is 4.73. The molecule has 0 N–H and O–H groups in total. The Labute approximate surface area is 109 Å². The summed E-state index contributed by atoms with van der Waals surface area (Å²) in [5.74, 6) is -1.65. The first-order valence-corrected chi connectivity index (χ1v) is 5.66. The van der Waals surface area contributed by atoms with E-state index >= 15 is 0 Å². The summed E-state index contributed by atoms with van der Waals surface area (Å²) in [6.45, 7) is 5.45. The normalized spacial score (nSPS) is 10.3. The van der Waals surface area contributed by atoms with E-state index in [0.29, 0.717) is 0 Å². The number of nitrogens with zero attached hydrogens (tertiary/aromatic N) is 3. The second-order valence-electron chi connectivity index (χ2n) is 4.24. The third kappa shape index (κ3) is 2.17. The molecule has 2 aromatic rings. The zero-order valence-electron chi connectivity index (χ0n) is 10.8. The van der Waals surface area contributed by atoms with Gasteiger partial charge in [-0.1, -0.05) is 0 Å². The fraction of sp³-hybridized carbons (Fsp3) is 0.214. The Hall–Kier alpha value is -2.35. The van der Waals surface area contributed by atoms with Gasteiger partial charge >= 0.3 is 0 Å². The number of halogens is 2. The number of aromatic nitrogens is 2. The topological polar surface area (TPSA) is 49.6 Å². The third-order valence-corrected chi connectivity index (χ3v) is 3.08. The van der Waals surface area contributed by atoms with Crippen molar-refractivity contribution in [2.75, 3.05) is 0 Å². The lowest BCUT2D eigenvalue weighted by atomic mass is 10.1. The van der Waals surface area contributed by atoms with E-state index in [-0.39, 0.29) is 11.4 Å². The van der Waals surface area contributed by atoms with Gasteiger partial charge in [0.25, 0.3) is 0 Å². The van der Waals surface area contributed by atoms with Crippen molar-refractivity contribution in [3.8, 4) is 17.5 Å². The minimum atomic E-state index is -0.926. The lowest BCUT2D eigenvalue weighted by Crippen LogP contribution is -2.02. The summed E-state index contributed by atoms with van der Waals surface area (Å²) in [5.41, 5.74) is 1.79. The molecule has 0 unspecified atom stereocenters. The van der Waals surface area contributed by atoms with Gasteiger partial charge in [0.2, 0.25) is 0 Å². The molecule has 0 bridgehead atoms. The Morgan fingerprint density at radius 2 is 1.63 bits per heavy atom. The summed E-state index contributed by atoms with van der Waals surface area (Å²) in [7, 11) is 0. The van der Waals surface area contributed by atoms with Crippen LogP contribution >= 0.6 is 0 Å². The molecule has 0 fully saturated rings. The van der Waals surface area contributed by atoms with Gasteiger partial charge in [0, 0.05) is 11.4 Å². The molecular formula is C14H11F2N3. The summed E-state index contributed by atoms with van der Waals surface area (Å²) in [6.07, 6.45) is 0. The molecule has 3 nitrogen and oxygen atoms in total.